The Bertz CT molecular complexity index is 582. The maximum Gasteiger partial charge on any atom is 0.338 e. The quantitative estimate of drug-likeness (QED) is 0.516. The van der Waals surface area contributed by atoms with Crippen molar-refractivity contribution in [3.8, 4) is 5.75 Å². The van der Waals surface area contributed by atoms with Crippen molar-refractivity contribution in [2.24, 2.45) is 0 Å². The molecular formula is C16H17NO3. The molecular weight excluding hydrogens is 254 g/mol. The Morgan fingerprint density at radius 2 is 1.85 bits per heavy atom. The van der Waals surface area contributed by atoms with Gasteiger partial charge in [-0.2, -0.15) is 0 Å². The van der Waals surface area contributed by atoms with Crippen molar-refractivity contribution in [1.82, 2.24) is 0 Å². The van der Waals surface area contributed by atoms with Gasteiger partial charge in [-0.3, -0.25) is 0 Å². The van der Waals surface area contributed by atoms with E-state index in [2.05, 4.69) is 0 Å². The molecule has 20 heavy (non-hydrogen) atoms. The Morgan fingerprint density at radius 3 is 2.55 bits per heavy atom. The van der Waals surface area contributed by atoms with Crippen molar-refractivity contribution in [2.75, 3.05) is 18.9 Å². The number of nitrogens with two attached hydrogens (primary N) is 1. The number of anilines is 1. The van der Waals surface area contributed by atoms with E-state index in [1.807, 2.05) is 37.3 Å². The highest BCUT2D eigenvalue weighted by atomic mass is 16.6. The first-order valence-electron chi connectivity index (χ1n) is 6.38. The molecule has 0 spiro atoms. The van der Waals surface area contributed by atoms with Gasteiger partial charge in [-0.25, -0.2) is 4.79 Å². The Hall–Kier alpha value is -2.49. The summed E-state index contributed by atoms with van der Waals surface area (Å²) in [4.78, 5) is 11.9. The monoisotopic (exact) mass is 271 g/mol. The number of aryl methyl sites for hydroxylation is 1. The number of ether oxygens (including phenoxy) is 2. The van der Waals surface area contributed by atoms with Crippen molar-refractivity contribution in [3.63, 3.8) is 0 Å². The van der Waals surface area contributed by atoms with Gasteiger partial charge in [-0.05, 0) is 42.8 Å². The summed E-state index contributed by atoms with van der Waals surface area (Å²) in [6, 6.07) is 14.5. The summed E-state index contributed by atoms with van der Waals surface area (Å²) in [7, 11) is 0. The van der Waals surface area contributed by atoms with Crippen molar-refractivity contribution < 1.29 is 14.3 Å². The standard InChI is InChI=1S/C16H17NO3/c1-12-11-13(17)7-8-15(12)16(18)20-10-9-19-14-5-3-2-4-6-14/h2-8,11H,9-10,17H2,1H3. The Morgan fingerprint density at radius 1 is 1.10 bits per heavy atom. The molecule has 0 unspecified atom stereocenters. The summed E-state index contributed by atoms with van der Waals surface area (Å²) >= 11 is 0. The fourth-order valence-electron chi connectivity index (χ4n) is 1.80. The van der Waals surface area contributed by atoms with Gasteiger partial charge in [0.05, 0.1) is 5.56 Å². The van der Waals surface area contributed by atoms with E-state index in [1.165, 1.54) is 0 Å². The number of carbonyl (C=O) groups excluding carboxylic acids is 1. The summed E-state index contributed by atoms with van der Waals surface area (Å²) in [5.74, 6) is 0.395. The van der Waals surface area contributed by atoms with E-state index in [9.17, 15) is 4.79 Å². The minimum absolute atomic E-state index is 0.206. The van der Waals surface area contributed by atoms with E-state index in [4.69, 9.17) is 15.2 Å². The molecule has 0 aliphatic heterocycles. The number of esters is 1. The van der Waals surface area contributed by atoms with Crippen LogP contribution in [-0.4, -0.2) is 19.2 Å². The molecule has 0 saturated carbocycles. The summed E-state index contributed by atoms with van der Waals surface area (Å²) in [6.07, 6.45) is 0. The van der Waals surface area contributed by atoms with Crippen LogP contribution in [0.15, 0.2) is 48.5 Å². The van der Waals surface area contributed by atoms with Crippen LogP contribution in [0, 0.1) is 6.92 Å². The number of carbonyl (C=O) groups is 1. The van der Waals surface area contributed by atoms with Crippen molar-refractivity contribution >= 4 is 11.7 Å². The fraction of sp³-hybridized carbons (Fsp3) is 0.188. The number of hydrogen-bond acceptors (Lipinski definition) is 4. The summed E-state index contributed by atoms with van der Waals surface area (Å²) in [5.41, 5.74) is 7.60. The Balaban J connectivity index is 1.80. The zero-order valence-corrected chi connectivity index (χ0v) is 11.3. The van der Waals surface area contributed by atoms with E-state index in [1.54, 1.807) is 18.2 Å². The molecule has 0 heterocycles. The average Bonchev–Trinajstić information content (AvgIpc) is 2.44. The van der Waals surface area contributed by atoms with E-state index < -0.39 is 0 Å². The van der Waals surface area contributed by atoms with E-state index in [-0.39, 0.29) is 12.6 Å². The first-order chi connectivity index (χ1) is 9.66. The van der Waals surface area contributed by atoms with Crippen LogP contribution < -0.4 is 10.5 Å². The second-order valence-corrected chi connectivity index (χ2v) is 4.37. The number of benzene rings is 2. The lowest BCUT2D eigenvalue weighted by atomic mass is 10.1. The highest BCUT2D eigenvalue weighted by molar-refractivity contribution is 5.91. The van der Waals surface area contributed by atoms with Crippen molar-refractivity contribution in [1.29, 1.82) is 0 Å². The normalized spacial score (nSPS) is 10.1. The molecule has 0 aliphatic rings. The highest BCUT2D eigenvalue weighted by Gasteiger charge is 2.10. The van der Waals surface area contributed by atoms with Gasteiger partial charge < -0.3 is 15.2 Å². The summed E-state index contributed by atoms with van der Waals surface area (Å²) < 4.78 is 10.6. The average molecular weight is 271 g/mol. The third-order valence-electron chi connectivity index (χ3n) is 2.80. The van der Waals surface area contributed by atoms with Gasteiger partial charge in [-0.1, -0.05) is 18.2 Å². The molecule has 0 radical (unpaired) electrons. The maximum absolute atomic E-state index is 11.9. The topological polar surface area (TPSA) is 61.6 Å². The van der Waals surface area contributed by atoms with Crippen LogP contribution in [-0.2, 0) is 4.74 Å². The smallest absolute Gasteiger partial charge is 0.338 e. The Kier molecular flexibility index (Phi) is 4.60. The molecule has 0 aliphatic carbocycles. The molecule has 0 fully saturated rings. The van der Waals surface area contributed by atoms with Gasteiger partial charge in [0.1, 0.15) is 19.0 Å². The molecule has 2 rings (SSSR count). The highest BCUT2D eigenvalue weighted by Crippen LogP contribution is 2.13. The lowest BCUT2D eigenvalue weighted by Gasteiger charge is -2.09. The first kappa shape index (κ1) is 13.9. The first-order valence-corrected chi connectivity index (χ1v) is 6.38. The SMILES string of the molecule is Cc1cc(N)ccc1C(=O)OCCOc1ccccc1. The van der Waals surface area contributed by atoms with Crippen LogP contribution in [0.2, 0.25) is 0 Å². The fourth-order valence-corrected chi connectivity index (χ4v) is 1.80. The van der Waals surface area contributed by atoms with Crippen LogP contribution >= 0.6 is 0 Å². The molecule has 4 heteroatoms. The number of hydrogen-bond donors (Lipinski definition) is 1. The largest absolute Gasteiger partial charge is 0.490 e. The minimum Gasteiger partial charge on any atom is -0.490 e. The molecule has 0 aromatic heterocycles. The lowest BCUT2D eigenvalue weighted by molar-refractivity contribution is 0.0449. The van der Waals surface area contributed by atoms with Gasteiger partial charge in [-0.15, -0.1) is 0 Å². The van der Waals surface area contributed by atoms with Crippen LogP contribution in [0.25, 0.3) is 0 Å². The van der Waals surface area contributed by atoms with Gasteiger partial charge in [0.25, 0.3) is 0 Å². The second-order valence-electron chi connectivity index (χ2n) is 4.37. The third-order valence-corrected chi connectivity index (χ3v) is 2.80. The van der Waals surface area contributed by atoms with Gasteiger partial charge in [0.15, 0.2) is 0 Å². The van der Waals surface area contributed by atoms with Crippen molar-refractivity contribution in [2.45, 2.75) is 6.92 Å². The van der Waals surface area contributed by atoms with Crippen LogP contribution in [0.1, 0.15) is 15.9 Å². The van der Waals surface area contributed by atoms with Crippen molar-refractivity contribution in [3.05, 3.63) is 59.7 Å². The molecule has 2 aromatic rings. The zero-order chi connectivity index (χ0) is 14.4. The number of rotatable bonds is 5. The molecule has 104 valence electrons. The molecule has 0 bridgehead atoms. The lowest BCUT2D eigenvalue weighted by Crippen LogP contribution is -2.13. The van der Waals surface area contributed by atoms with Gasteiger partial charge >= 0.3 is 5.97 Å². The van der Waals surface area contributed by atoms with Crippen LogP contribution in [0.5, 0.6) is 5.75 Å². The van der Waals surface area contributed by atoms with Crippen LogP contribution in [0.4, 0.5) is 5.69 Å². The maximum atomic E-state index is 11.9. The van der Waals surface area contributed by atoms with Gasteiger partial charge in [0.2, 0.25) is 0 Å². The molecule has 4 nitrogen and oxygen atoms in total. The van der Waals surface area contributed by atoms with Gasteiger partial charge in [0, 0.05) is 5.69 Å². The Labute approximate surface area is 118 Å². The van der Waals surface area contributed by atoms with E-state index >= 15 is 0 Å². The van der Waals surface area contributed by atoms with Crippen LogP contribution in [0.3, 0.4) is 0 Å². The number of para-hydroxylation sites is 1. The van der Waals surface area contributed by atoms with E-state index in [0.29, 0.717) is 17.9 Å². The molecule has 0 saturated heterocycles. The molecule has 2 aromatic carbocycles. The molecule has 2 N–H and O–H groups in total. The molecule has 0 amide bonds. The number of nitrogen functional groups attached to an aromatic ring is 1. The third kappa shape index (κ3) is 3.75. The minimum atomic E-state index is -0.362. The predicted octanol–water partition coefficient (Wildman–Crippen LogP) is 2.81. The summed E-state index contributed by atoms with van der Waals surface area (Å²) in [6.45, 7) is 2.36. The zero-order valence-electron chi connectivity index (χ0n) is 11.3. The summed E-state index contributed by atoms with van der Waals surface area (Å²) in [5, 5.41) is 0. The second kappa shape index (κ2) is 6.61. The molecule has 0 atom stereocenters. The predicted molar refractivity (Wildman–Crippen MR) is 77.8 cm³/mol. The van der Waals surface area contributed by atoms with E-state index in [0.717, 1.165) is 11.3 Å².